The second-order valence-corrected chi connectivity index (χ2v) is 4.79. The maximum absolute atomic E-state index is 4.15. The van der Waals surface area contributed by atoms with Crippen molar-refractivity contribution in [3.63, 3.8) is 0 Å². The zero-order chi connectivity index (χ0) is 11.0. The Morgan fingerprint density at radius 1 is 1.44 bits per heavy atom. The van der Waals surface area contributed by atoms with E-state index in [-0.39, 0.29) is 0 Å². The molecule has 16 heavy (non-hydrogen) atoms. The molecule has 0 radical (unpaired) electrons. The highest BCUT2D eigenvalue weighted by Crippen LogP contribution is 2.34. The van der Waals surface area contributed by atoms with E-state index < -0.39 is 0 Å². The lowest BCUT2D eigenvalue weighted by molar-refractivity contribution is 0.159. The highest BCUT2D eigenvalue weighted by atomic mass is 15.6. The molecule has 1 aliphatic heterocycles. The van der Waals surface area contributed by atoms with Crippen LogP contribution in [0.3, 0.4) is 0 Å². The number of aromatic nitrogens is 4. The molecule has 1 saturated heterocycles. The molecule has 3 rings (SSSR count). The lowest BCUT2D eigenvalue weighted by Crippen LogP contribution is -2.49. The van der Waals surface area contributed by atoms with Crippen LogP contribution in [0.4, 0.5) is 0 Å². The van der Waals surface area contributed by atoms with E-state index in [1.54, 1.807) is 0 Å². The molecule has 1 saturated carbocycles. The summed E-state index contributed by atoms with van der Waals surface area (Å²) in [5.74, 6) is 1.02. The Kier molecular flexibility index (Phi) is 2.61. The predicted molar refractivity (Wildman–Crippen MR) is 58.8 cm³/mol. The quantitative estimate of drug-likeness (QED) is 0.767. The highest BCUT2D eigenvalue weighted by Gasteiger charge is 2.29. The Hall–Kier alpha value is -1.01. The molecule has 1 aromatic rings. The van der Waals surface area contributed by atoms with Gasteiger partial charge >= 0.3 is 0 Å². The Morgan fingerprint density at radius 3 is 3.06 bits per heavy atom. The van der Waals surface area contributed by atoms with Gasteiger partial charge in [0, 0.05) is 25.7 Å². The van der Waals surface area contributed by atoms with Gasteiger partial charge in [0.25, 0.3) is 0 Å². The molecule has 0 bridgehead atoms. The number of nitrogens with zero attached hydrogens (tertiary/aromatic N) is 5. The first-order chi connectivity index (χ1) is 7.84. The lowest BCUT2D eigenvalue weighted by atomic mass is 10.2. The Bertz CT molecular complexity index is 358. The third kappa shape index (κ3) is 1.94. The van der Waals surface area contributed by atoms with E-state index >= 15 is 0 Å². The monoisotopic (exact) mass is 222 g/mol. The third-order valence-electron chi connectivity index (χ3n) is 3.44. The summed E-state index contributed by atoms with van der Waals surface area (Å²) in [5.41, 5.74) is 0. The summed E-state index contributed by atoms with van der Waals surface area (Å²) in [5, 5.41) is 15.4. The molecule has 2 fully saturated rings. The molecule has 0 amide bonds. The Labute approximate surface area is 95.0 Å². The first kappa shape index (κ1) is 10.2. The average molecular weight is 222 g/mol. The van der Waals surface area contributed by atoms with Crippen molar-refractivity contribution in [2.45, 2.75) is 38.4 Å². The fraction of sp³-hybridized carbons (Fsp3) is 0.900. The number of hydrogen-bond acceptors (Lipinski definition) is 5. The van der Waals surface area contributed by atoms with E-state index in [2.05, 4.69) is 32.7 Å². The molecule has 2 heterocycles. The van der Waals surface area contributed by atoms with Gasteiger partial charge in [-0.25, -0.2) is 4.68 Å². The number of nitrogens with one attached hydrogen (secondary N) is 1. The summed E-state index contributed by atoms with van der Waals surface area (Å²) in [4.78, 5) is 2.45. The van der Waals surface area contributed by atoms with Gasteiger partial charge < -0.3 is 5.32 Å². The summed E-state index contributed by atoms with van der Waals surface area (Å²) in [6.07, 6.45) is 2.46. The van der Waals surface area contributed by atoms with Gasteiger partial charge in [-0.1, -0.05) is 0 Å². The van der Waals surface area contributed by atoms with Crippen molar-refractivity contribution in [1.29, 1.82) is 0 Å². The van der Waals surface area contributed by atoms with Crippen LogP contribution < -0.4 is 5.32 Å². The van der Waals surface area contributed by atoms with Gasteiger partial charge in [0.15, 0.2) is 5.82 Å². The van der Waals surface area contributed by atoms with Crippen LogP contribution in [0, 0.1) is 0 Å². The molecule has 88 valence electrons. The fourth-order valence-electron chi connectivity index (χ4n) is 2.22. The standard InChI is InChI=1S/C10H18N6/c1-8-6-11-4-5-15(8)7-10-12-13-14-16(10)9-2-3-9/h8-9,11H,2-7H2,1H3. The first-order valence-corrected chi connectivity index (χ1v) is 6.06. The van der Waals surface area contributed by atoms with Crippen LogP contribution in [0.2, 0.25) is 0 Å². The third-order valence-corrected chi connectivity index (χ3v) is 3.44. The summed E-state index contributed by atoms with van der Waals surface area (Å²) in [7, 11) is 0. The summed E-state index contributed by atoms with van der Waals surface area (Å²) in [6, 6.07) is 1.14. The van der Waals surface area contributed by atoms with E-state index in [1.165, 1.54) is 12.8 Å². The molecule has 6 nitrogen and oxygen atoms in total. The zero-order valence-electron chi connectivity index (χ0n) is 9.63. The minimum atomic E-state index is 0.568. The van der Waals surface area contributed by atoms with E-state index in [0.29, 0.717) is 12.1 Å². The van der Waals surface area contributed by atoms with Crippen LogP contribution >= 0.6 is 0 Å². The molecule has 6 heteroatoms. The van der Waals surface area contributed by atoms with Gasteiger partial charge in [0.1, 0.15) is 0 Å². The second-order valence-electron chi connectivity index (χ2n) is 4.79. The van der Waals surface area contributed by atoms with Crippen molar-refractivity contribution in [2.75, 3.05) is 19.6 Å². The summed E-state index contributed by atoms with van der Waals surface area (Å²) >= 11 is 0. The van der Waals surface area contributed by atoms with E-state index in [9.17, 15) is 0 Å². The number of piperazine rings is 1. The topological polar surface area (TPSA) is 58.9 Å². The molecule has 1 unspecified atom stereocenters. The number of tetrazole rings is 1. The number of hydrogen-bond donors (Lipinski definition) is 1. The zero-order valence-corrected chi connectivity index (χ0v) is 9.63. The second kappa shape index (κ2) is 4.10. The van der Waals surface area contributed by atoms with Crippen LogP contribution in [-0.2, 0) is 6.54 Å². The predicted octanol–water partition coefficient (Wildman–Crippen LogP) is -0.198. The van der Waals surface area contributed by atoms with Gasteiger partial charge in [0.2, 0.25) is 0 Å². The van der Waals surface area contributed by atoms with Crippen LogP contribution in [0.1, 0.15) is 31.6 Å². The smallest absolute Gasteiger partial charge is 0.165 e. The van der Waals surface area contributed by atoms with Crippen molar-refractivity contribution in [3.05, 3.63) is 5.82 Å². The van der Waals surface area contributed by atoms with Crippen LogP contribution in [-0.4, -0.2) is 50.8 Å². The lowest BCUT2D eigenvalue weighted by Gasteiger charge is -2.33. The van der Waals surface area contributed by atoms with E-state index in [1.807, 2.05) is 4.68 Å². The van der Waals surface area contributed by atoms with Crippen LogP contribution in [0.25, 0.3) is 0 Å². The van der Waals surface area contributed by atoms with Crippen molar-refractivity contribution in [1.82, 2.24) is 30.4 Å². The first-order valence-electron chi connectivity index (χ1n) is 6.06. The van der Waals surface area contributed by atoms with Gasteiger partial charge in [-0.15, -0.1) is 5.10 Å². The molecular weight excluding hydrogens is 204 g/mol. The Balaban J connectivity index is 1.70. The number of rotatable bonds is 3. The van der Waals surface area contributed by atoms with Crippen molar-refractivity contribution in [2.24, 2.45) is 0 Å². The molecule has 0 spiro atoms. The van der Waals surface area contributed by atoms with Crippen molar-refractivity contribution < 1.29 is 0 Å². The molecule has 1 atom stereocenters. The molecule has 2 aliphatic rings. The molecule has 0 aromatic carbocycles. The van der Waals surface area contributed by atoms with Gasteiger partial charge in [-0.2, -0.15) is 0 Å². The molecule has 1 N–H and O–H groups in total. The SMILES string of the molecule is CC1CNCCN1Cc1nnnn1C1CC1. The summed E-state index contributed by atoms with van der Waals surface area (Å²) < 4.78 is 2.01. The van der Waals surface area contributed by atoms with Crippen LogP contribution in [0.15, 0.2) is 0 Å². The highest BCUT2D eigenvalue weighted by molar-refractivity contribution is 4.91. The summed E-state index contributed by atoms with van der Waals surface area (Å²) in [6.45, 7) is 6.34. The maximum Gasteiger partial charge on any atom is 0.165 e. The average Bonchev–Trinajstić information content (AvgIpc) is 3.03. The van der Waals surface area contributed by atoms with Crippen molar-refractivity contribution >= 4 is 0 Å². The largest absolute Gasteiger partial charge is 0.314 e. The van der Waals surface area contributed by atoms with E-state index in [4.69, 9.17) is 0 Å². The molecule has 1 aromatic heterocycles. The molecular formula is C10H18N6. The molecule has 1 aliphatic carbocycles. The van der Waals surface area contributed by atoms with Gasteiger partial charge in [0.05, 0.1) is 12.6 Å². The van der Waals surface area contributed by atoms with Crippen molar-refractivity contribution in [3.8, 4) is 0 Å². The Morgan fingerprint density at radius 2 is 2.31 bits per heavy atom. The van der Waals surface area contributed by atoms with Gasteiger partial charge in [-0.3, -0.25) is 4.90 Å². The normalized spacial score (nSPS) is 27.2. The van der Waals surface area contributed by atoms with E-state index in [0.717, 1.165) is 32.0 Å². The maximum atomic E-state index is 4.15. The van der Waals surface area contributed by atoms with Gasteiger partial charge in [-0.05, 0) is 30.2 Å². The van der Waals surface area contributed by atoms with Crippen LogP contribution in [0.5, 0.6) is 0 Å². The minimum Gasteiger partial charge on any atom is -0.314 e. The minimum absolute atomic E-state index is 0.568. The fourth-order valence-corrected chi connectivity index (χ4v) is 2.22.